The van der Waals surface area contributed by atoms with Gasteiger partial charge in [0.1, 0.15) is 11.6 Å². The van der Waals surface area contributed by atoms with Gasteiger partial charge in [0.2, 0.25) is 0 Å². The molecule has 154 valence electrons. The van der Waals surface area contributed by atoms with Crippen molar-refractivity contribution in [2.24, 2.45) is 0 Å². The quantitative estimate of drug-likeness (QED) is 0.320. The lowest BCUT2D eigenvalue weighted by molar-refractivity contribution is 0.488. The molecule has 31 heavy (non-hydrogen) atoms. The maximum atomic E-state index is 12.4. The number of hydrogen-bond donors (Lipinski definition) is 0. The second-order valence-corrected chi connectivity index (χ2v) is 9.71. The highest BCUT2D eigenvalue weighted by atomic mass is 32.3. The first-order valence-corrected chi connectivity index (χ1v) is 12.0. The minimum Gasteiger partial charge on any atom is -0.378 e. The SMILES string of the molecule is O=S(=O)(Oc1ccc(-c2nc3ccccc3n2Cc2ccccc2)cc1)c1cccs1. The predicted molar refractivity (Wildman–Crippen MR) is 123 cm³/mol. The Bertz CT molecular complexity index is 1420. The number of rotatable bonds is 6. The highest BCUT2D eigenvalue weighted by molar-refractivity contribution is 7.89. The minimum absolute atomic E-state index is 0.182. The Labute approximate surface area is 184 Å². The van der Waals surface area contributed by atoms with Gasteiger partial charge in [-0.3, -0.25) is 0 Å². The van der Waals surface area contributed by atoms with Crippen molar-refractivity contribution in [2.45, 2.75) is 10.8 Å². The van der Waals surface area contributed by atoms with Gasteiger partial charge in [0.25, 0.3) is 0 Å². The highest BCUT2D eigenvalue weighted by Crippen LogP contribution is 2.29. The molecule has 0 aliphatic rings. The van der Waals surface area contributed by atoms with Crippen LogP contribution in [0, 0.1) is 0 Å². The summed E-state index contributed by atoms with van der Waals surface area (Å²) in [5.41, 5.74) is 4.01. The van der Waals surface area contributed by atoms with Gasteiger partial charge in [0, 0.05) is 12.1 Å². The first-order valence-electron chi connectivity index (χ1n) is 9.68. The smallest absolute Gasteiger partial charge is 0.348 e. The topological polar surface area (TPSA) is 61.2 Å². The number of nitrogens with zero attached hydrogens (tertiary/aromatic N) is 2. The van der Waals surface area contributed by atoms with Gasteiger partial charge in [-0.2, -0.15) is 8.42 Å². The van der Waals surface area contributed by atoms with E-state index in [1.165, 1.54) is 11.6 Å². The van der Waals surface area contributed by atoms with Gasteiger partial charge >= 0.3 is 10.1 Å². The molecule has 0 amide bonds. The maximum absolute atomic E-state index is 12.4. The first-order chi connectivity index (χ1) is 15.1. The van der Waals surface area contributed by atoms with Gasteiger partial charge in [-0.1, -0.05) is 48.5 Å². The molecule has 0 saturated carbocycles. The molecule has 0 aliphatic carbocycles. The van der Waals surface area contributed by atoms with Crippen molar-refractivity contribution in [2.75, 3.05) is 0 Å². The van der Waals surface area contributed by atoms with Crippen LogP contribution < -0.4 is 4.18 Å². The van der Waals surface area contributed by atoms with Crippen LogP contribution in [-0.2, 0) is 16.7 Å². The standard InChI is InChI=1S/C24H18N2O3S2/c27-31(28,23-11-6-16-30-23)29-20-14-12-19(13-15-20)24-25-21-9-4-5-10-22(21)26(24)17-18-7-2-1-3-8-18/h1-16H,17H2. The minimum atomic E-state index is -3.82. The zero-order valence-corrected chi connectivity index (χ0v) is 18.0. The van der Waals surface area contributed by atoms with E-state index in [0.717, 1.165) is 33.8 Å². The zero-order chi connectivity index (χ0) is 21.3. The molecule has 5 aromatic rings. The number of aromatic nitrogens is 2. The van der Waals surface area contributed by atoms with E-state index in [1.54, 1.807) is 23.6 Å². The summed E-state index contributed by atoms with van der Waals surface area (Å²) in [6, 6.07) is 28.4. The monoisotopic (exact) mass is 446 g/mol. The molecule has 0 N–H and O–H groups in total. The molecule has 0 fully saturated rings. The molecular weight excluding hydrogens is 428 g/mol. The van der Waals surface area contributed by atoms with Crippen molar-refractivity contribution in [3.63, 3.8) is 0 Å². The number of imidazole rings is 1. The number of para-hydroxylation sites is 2. The van der Waals surface area contributed by atoms with Crippen molar-refractivity contribution < 1.29 is 12.6 Å². The average molecular weight is 447 g/mol. The number of benzene rings is 3. The molecule has 5 rings (SSSR count). The summed E-state index contributed by atoms with van der Waals surface area (Å²) in [7, 11) is -3.82. The fourth-order valence-corrected chi connectivity index (χ4v) is 5.34. The Balaban J connectivity index is 1.50. The Kier molecular flexibility index (Phi) is 5.05. The third-order valence-corrected chi connectivity index (χ3v) is 7.50. The third-order valence-electron chi connectivity index (χ3n) is 4.90. The molecular formula is C24H18N2O3S2. The van der Waals surface area contributed by atoms with Crippen molar-refractivity contribution in [3.8, 4) is 17.1 Å². The fraction of sp³-hybridized carbons (Fsp3) is 0.0417. The van der Waals surface area contributed by atoms with Crippen LogP contribution in [0.25, 0.3) is 22.4 Å². The van der Waals surface area contributed by atoms with Crippen LogP contribution in [0.5, 0.6) is 5.75 Å². The van der Waals surface area contributed by atoms with Gasteiger partial charge in [-0.25, -0.2) is 4.98 Å². The summed E-state index contributed by atoms with van der Waals surface area (Å²) in [6.07, 6.45) is 0. The van der Waals surface area contributed by atoms with Crippen LogP contribution in [0.15, 0.2) is 101 Å². The Morgan fingerprint density at radius 2 is 1.58 bits per heavy atom. The highest BCUT2D eigenvalue weighted by Gasteiger charge is 2.18. The van der Waals surface area contributed by atoms with E-state index in [1.807, 2.05) is 48.5 Å². The Hall–Kier alpha value is -3.42. The molecule has 0 bridgehead atoms. The van der Waals surface area contributed by atoms with Gasteiger partial charge < -0.3 is 8.75 Å². The van der Waals surface area contributed by atoms with E-state index >= 15 is 0 Å². The largest absolute Gasteiger partial charge is 0.378 e. The second kappa shape index (κ2) is 8.02. The molecule has 2 heterocycles. The van der Waals surface area contributed by atoms with Crippen molar-refractivity contribution in [1.82, 2.24) is 9.55 Å². The van der Waals surface area contributed by atoms with Crippen LogP contribution in [0.2, 0.25) is 0 Å². The normalized spacial score (nSPS) is 11.6. The molecule has 3 aromatic carbocycles. The fourth-order valence-electron chi connectivity index (χ4n) is 3.45. The van der Waals surface area contributed by atoms with Crippen molar-refractivity contribution in [1.29, 1.82) is 0 Å². The van der Waals surface area contributed by atoms with E-state index in [4.69, 9.17) is 9.17 Å². The van der Waals surface area contributed by atoms with E-state index in [2.05, 4.69) is 22.8 Å². The molecule has 7 heteroatoms. The predicted octanol–water partition coefficient (Wildman–Crippen LogP) is 5.58. The maximum Gasteiger partial charge on any atom is 0.348 e. The second-order valence-electron chi connectivity index (χ2n) is 6.99. The summed E-state index contributed by atoms with van der Waals surface area (Å²) in [5.74, 6) is 1.08. The molecule has 0 aliphatic heterocycles. The Morgan fingerprint density at radius 1 is 0.839 bits per heavy atom. The Morgan fingerprint density at radius 3 is 2.32 bits per heavy atom. The molecule has 0 saturated heterocycles. The molecule has 2 aromatic heterocycles. The lowest BCUT2D eigenvalue weighted by atomic mass is 10.2. The molecule has 0 atom stereocenters. The summed E-state index contributed by atoms with van der Waals surface area (Å²) in [4.78, 5) is 4.83. The molecule has 0 radical (unpaired) electrons. The zero-order valence-electron chi connectivity index (χ0n) is 16.4. The summed E-state index contributed by atoms with van der Waals surface area (Å²) >= 11 is 1.13. The van der Waals surface area contributed by atoms with Gasteiger partial charge in [0.15, 0.2) is 4.21 Å². The number of hydrogen-bond acceptors (Lipinski definition) is 5. The van der Waals surface area contributed by atoms with Gasteiger partial charge in [-0.15, -0.1) is 11.3 Å². The van der Waals surface area contributed by atoms with E-state index in [9.17, 15) is 8.42 Å². The molecule has 0 spiro atoms. The van der Waals surface area contributed by atoms with Crippen molar-refractivity contribution >= 4 is 32.5 Å². The summed E-state index contributed by atoms with van der Waals surface area (Å²) < 4.78 is 32.4. The lowest BCUT2D eigenvalue weighted by Gasteiger charge is -2.10. The first kappa shape index (κ1) is 19.5. The van der Waals surface area contributed by atoms with Crippen LogP contribution in [-0.4, -0.2) is 18.0 Å². The van der Waals surface area contributed by atoms with Crippen LogP contribution in [0.3, 0.4) is 0 Å². The average Bonchev–Trinajstić information content (AvgIpc) is 3.45. The summed E-state index contributed by atoms with van der Waals surface area (Å²) in [6.45, 7) is 0.682. The van der Waals surface area contributed by atoms with Crippen LogP contribution >= 0.6 is 11.3 Å². The number of thiophene rings is 1. The van der Waals surface area contributed by atoms with Crippen LogP contribution in [0.1, 0.15) is 5.56 Å². The van der Waals surface area contributed by atoms with Gasteiger partial charge in [-0.05, 0) is 53.4 Å². The van der Waals surface area contributed by atoms with Gasteiger partial charge in [0.05, 0.1) is 11.0 Å². The summed E-state index contributed by atoms with van der Waals surface area (Å²) in [5, 5.41) is 1.70. The number of fused-ring (bicyclic) bond motifs is 1. The molecule has 5 nitrogen and oxygen atoms in total. The van der Waals surface area contributed by atoms with E-state index in [0.29, 0.717) is 6.54 Å². The lowest BCUT2D eigenvalue weighted by Crippen LogP contribution is -2.07. The molecule has 0 unspecified atom stereocenters. The third kappa shape index (κ3) is 3.97. The van der Waals surface area contributed by atoms with Crippen molar-refractivity contribution in [3.05, 3.63) is 102 Å². The van der Waals surface area contributed by atoms with E-state index < -0.39 is 10.1 Å². The van der Waals surface area contributed by atoms with Crippen LogP contribution in [0.4, 0.5) is 0 Å². The van der Waals surface area contributed by atoms with E-state index in [-0.39, 0.29) is 9.96 Å².